The fourth-order valence-electron chi connectivity index (χ4n) is 1.46. The lowest BCUT2D eigenvalue weighted by atomic mass is 10.1. The molecule has 0 aliphatic carbocycles. The van der Waals surface area contributed by atoms with Crippen molar-refractivity contribution in [2.45, 2.75) is 45.8 Å². The van der Waals surface area contributed by atoms with E-state index in [9.17, 15) is 18.0 Å². The number of carbonyl (C=O) groups excluding carboxylic acids is 1. The van der Waals surface area contributed by atoms with Gasteiger partial charge in [-0.1, -0.05) is 0 Å². The fraction of sp³-hybridized carbons (Fsp3) is 0.923. The lowest BCUT2D eigenvalue weighted by molar-refractivity contribution is -0.161. The highest BCUT2D eigenvalue weighted by Crippen LogP contribution is 2.16. The summed E-state index contributed by atoms with van der Waals surface area (Å²) in [6, 6.07) is 0. The third-order valence-corrected chi connectivity index (χ3v) is 2.41. The monoisotopic (exact) mass is 298 g/mol. The molecule has 20 heavy (non-hydrogen) atoms. The second-order valence-electron chi connectivity index (χ2n) is 5.58. The Balaban J connectivity index is 4.38. The van der Waals surface area contributed by atoms with Gasteiger partial charge in [-0.2, -0.15) is 13.2 Å². The van der Waals surface area contributed by atoms with Crippen LogP contribution in [-0.4, -0.2) is 55.4 Å². The van der Waals surface area contributed by atoms with Crippen LogP contribution in [0.3, 0.4) is 0 Å². The highest BCUT2D eigenvalue weighted by atomic mass is 19.4. The molecule has 4 nitrogen and oxygen atoms in total. The quantitative estimate of drug-likeness (QED) is 0.698. The van der Waals surface area contributed by atoms with E-state index in [0.717, 1.165) is 4.90 Å². The molecule has 0 heterocycles. The van der Waals surface area contributed by atoms with Crippen LogP contribution in [0.25, 0.3) is 0 Å². The van der Waals surface area contributed by atoms with Crippen molar-refractivity contribution in [2.24, 2.45) is 0 Å². The predicted octanol–water partition coefficient (Wildman–Crippen LogP) is 2.19. The highest BCUT2D eigenvalue weighted by molar-refractivity contribution is 5.78. The molecule has 0 unspecified atom stereocenters. The minimum Gasteiger partial charge on any atom is -0.382 e. The third-order valence-electron chi connectivity index (χ3n) is 2.41. The number of amides is 1. The molecule has 0 aliphatic heterocycles. The van der Waals surface area contributed by atoms with Crippen LogP contribution in [0.4, 0.5) is 13.2 Å². The molecule has 0 aromatic rings. The molecule has 0 spiro atoms. The molecular formula is C13H25F3N2O2. The lowest BCUT2D eigenvalue weighted by Crippen LogP contribution is -2.47. The second-order valence-corrected chi connectivity index (χ2v) is 5.58. The van der Waals surface area contributed by atoms with Crippen molar-refractivity contribution in [3.63, 3.8) is 0 Å². The summed E-state index contributed by atoms with van der Waals surface area (Å²) < 4.78 is 42.5. The maximum atomic E-state index is 12.5. The summed E-state index contributed by atoms with van der Waals surface area (Å²) in [6.45, 7) is 6.95. The van der Waals surface area contributed by atoms with E-state index in [1.807, 2.05) is 27.7 Å². The zero-order valence-electron chi connectivity index (χ0n) is 12.6. The van der Waals surface area contributed by atoms with Crippen LogP contribution >= 0.6 is 0 Å². The van der Waals surface area contributed by atoms with E-state index in [0.29, 0.717) is 19.6 Å². The largest absolute Gasteiger partial charge is 0.406 e. The van der Waals surface area contributed by atoms with Gasteiger partial charge in [-0.15, -0.1) is 0 Å². The molecule has 0 saturated heterocycles. The predicted molar refractivity (Wildman–Crippen MR) is 71.5 cm³/mol. The Kier molecular flexibility index (Phi) is 8.12. The Hall–Kier alpha value is -0.820. The Labute approximate surface area is 118 Å². The Bertz CT molecular complexity index is 288. The summed E-state index contributed by atoms with van der Waals surface area (Å²) in [5.41, 5.74) is -0.315. The van der Waals surface area contributed by atoms with Gasteiger partial charge in [0.05, 0.1) is 6.54 Å². The number of nitrogens with one attached hydrogen (secondary N) is 1. The van der Waals surface area contributed by atoms with Crippen LogP contribution in [0.1, 0.15) is 34.1 Å². The molecular weight excluding hydrogens is 273 g/mol. The zero-order valence-corrected chi connectivity index (χ0v) is 12.6. The SMILES string of the molecule is CCOCCCN(CC(F)(F)F)C(=O)CNC(C)(C)C. The number of rotatable bonds is 8. The van der Waals surface area contributed by atoms with Gasteiger partial charge in [-0.3, -0.25) is 4.79 Å². The first-order chi connectivity index (χ1) is 9.05. The summed E-state index contributed by atoms with van der Waals surface area (Å²) in [6.07, 6.45) is -3.99. The molecule has 0 fully saturated rings. The van der Waals surface area contributed by atoms with Crippen molar-refractivity contribution in [1.82, 2.24) is 10.2 Å². The van der Waals surface area contributed by atoms with Crippen LogP contribution in [0.5, 0.6) is 0 Å². The number of ether oxygens (including phenoxy) is 1. The molecule has 0 atom stereocenters. The van der Waals surface area contributed by atoms with Gasteiger partial charge in [0.25, 0.3) is 0 Å². The van der Waals surface area contributed by atoms with Gasteiger partial charge in [0.2, 0.25) is 5.91 Å². The van der Waals surface area contributed by atoms with E-state index in [1.54, 1.807) is 0 Å². The van der Waals surface area contributed by atoms with Gasteiger partial charge < -0.3 is 15.0 Å². The van der Waals surface area contributed by atoms with Crippen molar-refractivity contribution >= 4 is 5.91 Å². The van der Waals surface area contributed by atoms with Gasteiger partial charge in [-0.25, -0.2) is 0 Å². The zero-order chi connectivity index (χ0) is 15.8. The molecule has 1 N–H and O–H groups in total. The van der Waals surface area contributed by atoms with Crippen molar-refractivity contribution in [3.05, 3.63) is 0 Å². The van der Waals surface area contributed by atoms with Gasteiger partial charge >= 0.3 is 6.18 Å². The van der Waals surface area contributed by atoms with Crippen molar-refractivity contribution in [1.29, 1.82) is 0 Å². The van der Waals surface area contributed by atoms with Crippen molar-refractivity contribution in [2.75, 3.05) is 32.8 Å². The molecule has 0 aliphatic rings. The van der Waals surface area contributed by atoms with Crippen LogP contribution in [0.15, 0.2) is 0 Å². The number of halogens is 3. The summed E-state index contributed by atoms with van der Waals surface area (Å²) in [5.74, 6) is -0.547. The summed E-state index contributed by atoms with van der Waals surface area (Å²) in [4.78, 5) is 12.7. The number of nitrogens with zero attached hydrogens (tertiary/aromatic N) is 1. The molecule has 0 rings (SSSR count). The van der Waals surface area contributed by atoms with Crippen molar-refractivity contribution < 1.29 is 22.7 Å². The normalized spacial score (nSPS) is 12.6. The smallest absolute Gasteiger partial charge is 0.382 e. The number of hydrogen-bond donors (Lipinski definition) is 1. The van der Waals surface area contributed by atoms with E-state index in [4.69, 9.17) is 4.74 Å². The number of hydrogen-bond acceptors (Lipinski definition) is 3. The minimum absolute atomic E-state index is 0.0458. The maximum absolute atomic E-state index is 12.5. The molecule has 0 radical (unpaired) electrons. The fourth-order valence-corrected chi connectivity index (χ4v) is 1.46. The summed E-state index contributed by atoms with van der Waals surface area (Å²) >= 11 is 0. The van der Waals surface area contributed by atoms with E-state index < -0.39 is 18.6 Å². The summed E-state index contributed by atoms with van der Waals surface area (Å²) in [7, 11) is 0. The topological polar surface area (TPSA) is 41.6 Å². The second kappa shape index (κ2) is 8.46. The van der Waals surface area contributed by atoms with Gasteiger partial charge in [0.1, 0.15) is 6.54 Å². The molecule has 0 bridgehead atoms. The van der Waals surface area contributed by atoms with Crippen LogP contribution in [0.2, 0.25) is 0 Å². The molecule has 7 heteroatoms. The average molecular weight is 298 g/mol. The van der Waals surface area contributed by atoms with E-state index in [1.165, 1.54) is 0 Å². The highest BCUT2D eigenvalue weighted by Gasteiger charge is 2.32. The Morgan fingerprint density at radius 2 is 1.85 bits per heavy atom. The molecule has 0 aromatic carbocycles. The van der Waals surface area contributed by atoms with Gasteiger partial charge in [0.15, 0.2) is 0 Å². The Morgan fingerprint density at radius 3 is 2.30 bits per heavy atom. The molecule has 1 amide bonds. The summed E-state index contributed by atoms with van der Waals surface area (Å²) in [5, 5.41) is 2.90. The third kappa shape index (κ3) is 11.0. The molecule has 0 saturated carbocycles. The standard InChI is InChI=1S/C13H25F3N2O2/c1-5-20-8-6-7-18(10-13(14,15)16)11(19)9-17-12(2,3)4/h17H,5-10H2,1-4H3. The lowest BCUT2D eigenvalue weighted by Gasteiger charge is -2.27. The first-order valence-corrected chi connectivity index (χ1v) is 6.72. The van der Waals surface area contributed by atoms with Gasteiger partial charge in [-0.05, 0) is 34.1 Å². The van der Waals surface area contributed by atoms with Crippen LogP contribution in [-0.2, 0) is 9.53 Å². The van der Waals surface area contributed by atoms with E-state index >= 15 is 0 Å². The van der Waals surface area contributed by atoms with Crippen molar-refractivity contribution in [3.8, 4) is 0 Å². The minimum atomic E-state index is -4.39. The van der Waals surface area contributed by atoms with Crippen LogP contribution in [0, 0.1) is 0 Å². The average Bonchev–Trinajstić information content (AvgIpc) is 2.27. The molecule has 120 valence electrons. The van der Waals surface area contributed by atoms with E-state index in [-0.39, 0.29) is 18.6 Å². The van der Waals surface area contributed by atoms with Gasteiger partial charge in [0, 0.05) is 25.3 Å². The number of carbonyl (C=O) groups is 1. The Morgan fingerprint density at radius 1 is 1.25 bits per heavy atom. The maximum Gasteiger partial charge on any atom is 0.406 e. The first kappa shape index (κ1) is 19.2. The number of alkyl halides is 3. The first-order valence-electron chi connectivity index (χ1n) is 6.72. The molecule has 0 aromatic heterocycles. The van der Waals surface area contributed by atoms with Crippen LogP contribution < -0.4 is 5.32 Å². The van der Waals surface area contributed by atoms with E-state index in [2.05, 4.69) is 5.32 Å².